The molecule has 4 fully saturated rings. The lowest BCUT2D eigenvalue weighted by molar-refractivity contribution is -0.192. The lowest BCUT2D eigenvalue weighted by atomic mass is 9.45. The zero-order chi connectivity index (χ0) is 17.7. The van der Waals surface area contributed by atoms with Gasteiger partial charge in [-0.3, -0.25) is 4.79 Å². The summed E-state index contributed by atoms with van der Waals surface area (Å²) < 4.78 is 22.4. The molecule has 3 aliphatic heterocycles. The lowest BCUT2D eigenvalue weighted by Gasteiger charge is -2.57. The van der Waals surface area contributed by atoms with Crippen LogP contribution in [-0.2, 0) is 23.8 Å². The molecule has 1 aromatic heterocycles. The number of hydrogen-bond donors (Lipinski definition) is 0. The van der Waals surface area contributed by atoms with Crippen molar-refractivity contribution in [1.29, 1.82) is 0 Å². The molecule has 0 aromatic carbocycles. The Balaban J connectivity index is 1.46. The fourth-order valence-corrected chi connectivity index (χ4v) is 6.34. The third-order valence-corrected chi connectivity index (χ3v) is 7.50. The van der Waals surface area contributed by atoms with Crippen molar-refractivity contribution in [3.8, 4) is 0 Å². The van der Waals surface area contributed by atoms with E-state index in [2.05, 4.69) is 6.92 Å². The van der Waals surface area contributed by atoms with E-state index in [1.807, 2.05) is 12.1 Å². The Morgan fingerprint density at radius 1 is 1.27 bits per heavy atom. The number of furan rings is 1. The minimum absolute atomic E-state index is 0.0188. The highest BCUT2D eigenvalue weighted by Crippen LogP contribution is 2.69. The molecule has 26 heavy (non-hydrogen) atoms. The third kappa shape index (κ3) is 1.66. The molecule has 0 bridgehead atoms. The quantitative estimate of drug-likeness (QED) is 0.568. The Hall–Kier alpha value is -2.08. The summed E-state index contributed by atoms with van der Waals surface area (Å²) in [5.74, 6) is -0.428. The highest BCUT2D eigenvalue weighted by molar-refractivity contribution is 5.93. The summed E-state index contributed by atoms with van der Waals surface area (Å²) in [7, 11) is 0. The second-order valence-corrected chi connectivity index (χ2v) is 8.64. The van der Waals surface area contributed by atoms with Crippen molar-refractivity contribution in [2.75, 3.05) is 6.61 Å². The van der Waals surface area contributed by atoms with Crippen molar-refractivity contribution in [2.45, 2.75) is 44.5 Å². The maximum absolute atomic E-state index is 12.9. The highest BCUT2D eigenvalue weighted by Gasteiger charge is 2.72. The topological polar surface area (TPSA) is 78.3 Å². The monoisotopic (exact) mass is 356 g/mol. The Morgan fingerprint density at radius 3 is 2.96 bits per heavy atom. The molecule has 7 atom stereocenters. The second kappa shape index (κ2) is 4.60. The van der Waals surface area contributed by atoms with Crippen molar-refractivity contribution in [1.82, 2.24) is 0 Å². The number of hydrogen-bond acceptors (Lipinski definition) is 6. The maximum atomic E-state index is 12.9. The first-order valence-electron chi connectivity index (χ1n) is 9.30. The summed E-state index contributed by atoms with van der Waals surface area (Å²) in [5, 5.41) is 0. The van der Waals surface area contributed by atoms with E-state index < -0.39 is 0 Å². The van der Waals surface area contributed by atoms with E-state index in [-0.39, 0.29) is 52.9 Å². The highest BCUT2D eigenvalue weighted by atomic mass is 16.6. The largest absolute Gasteiger partial charge is 0.472 e. The van der Waals surface area contributed by atoms with Gasteiger partial charge in [0.1, 0.15) is 18.8 Å². The second-order valence-electron chi connectivity index (χ2n) is 8.64. The van der Waals surface area contributed by atoms with Crippen LogP contribution in [0.2, 0.25) is 0 Å². The summed E-state index contributed by atoms with van der Waals surface area (Å²) in [5.41, 5.74) is 1.04. The fourth-order valence-electron chi connectivity index (χ4n) is 6.34. The smallest absolute Gasteiger partial charge is 0.334 e. The number of esters is 2. The number of epoxide rings is 1. The van der Waals surface area contributed by atoms with Gasteiger partial charge in [-0.25, -0.2) is 4.79 Å². The van der Waals surface area contributed by atoms with Gasteiger partial charge in [-0.2, -0.15) is 0 Å². The van der Waals surface area contributed by atoms with Crippen molar-refractivity contribution >= 4 is 11.9 Å². The van der Waals surface area contributed by atoms with Crippen LogP contribution in [0, 0.1) is 22.7 Å². The molecule has 0 N–H and O–H groups in total. The molecular weight excluding hydrogens is 336 g/mol. The van der Waals surface area contributed by atoms with Gasteiger partial charge in [0.25, 0.3) is 0 Å². The first kappa shape index (κ1) is 15.0. The van der Waals surface area contributed by atoms with Crippen molar-refractivity contribution < 1.29 is 28.2 Å². The van der Waals surface area contributed by atoms with Gasteiger partial charge >= 0.3 is 11.9 Å². The van der Waals surface area contributed by atoms with Gasteiger partial charge in [-0.1, -0.05) is 6.92 Å². The van der Waals surface area contributed by atoms with Gasteiger partial charge < -0.3 is 18.6 Å². The van der Waals surface area contributed by atoms with Crippen LogP contribution in [0.25, 0.3) is 0 Å². The molecule has 6 nitrogen and oxygen atoms in total. The van der Waals surface area contributed by atoms with Crippen molar-refractivity contribution in [3.63, 3.8) is 0 Å². The molecule has 0 amide bonds. The average Bonchev–Trinajstić information content (AvgIpc) is 3.01. The van der Waals surface area contributed by atoms with Gasteiger partial charge in [0.05, 0.1) is 24.5 Å². The van der Waals surface area contributed by atoms with Gasteiger partial charge in [0.2, 0.25) is 0 Å². The molecule has 2 aliphatic carbocycles. The number of carbonyl (C=O) groups is 2. The Kier molecular flexibility index (Phi) is 2.66. The predicted molar refractivity (Wildman–Crippen MR) is 86.6 cm³/mol. The molecule has 6 rings (SSSR count). The van der Waals surface area contributed by atoms with Crippen LogP contribution in [0.1, 0.15) is 37.9 Å². The minimum Gasteiger partial charge on any atom is -0.472 e. The molecular formula is C20H20O6. The lowest BCUT2D eigenvalue weighted by Crippen LogP contribution is -2.59. The summed E-state index contributed by atoms with van der Waals surface area (Å²) in [6.07, 6.45) is 7.14. The molecule has 1 spiro atoms. The van der Waals surface area contributed by atoms with Crippen LogP contribution in [0.3, 0.4) is 0 Å². The zero-order valence-electron chi connectivity index (χ0n) is 14.5. The van der Waals surface area contributed by atoms with Crippen LogP contribution >= 0.6 is 0 Å². The molecule has 3 saturated heterocycles. The molecule has 1 saturated carbocycles. The average molecular weight is 356 g/mol. The van der Waals surface area contributed by atoms with E-state index in [9.17, 15) is 9.59 Å². The van der Waals surface area contributed by atoms with Gasteiger partial charge in [-0.05, 0) is 36.8 Å². The first-order valence-corrected chi connectivity index (χ1v) is 9.30. The van der Waals surface area contributed by atoms with E-state index in [4.69, 9.17) is 18.6 Å². The molecule has 6 heteroatoms. The number of carbonyl (C=O) groups excluding carboxylic acids is 2. The van der Waals surface area contributed by atoms with Gasteiger partial charge in [0, 0.05) is 22.5 Å². The number of fused-ring (bicyclic) bond motifs is 4. The summed E-state index contributed by atoms with van der Waals surface area (Å²) >= 11 is 0. The number of cyclic esters (lactones) is 2. The Labute approximate surface area is 150 Å². The normalized spacial score (nSPS) is 48.3. The molecule has 0 unspecified atom stereocenters. The van der Waals surface area contributed by atoms with Gasteiger partial charge in [0.15, 0.2) is 0 Å². The van der Waals surface area contributed by atoms with E-state index >= 15 is 0 Å². The molecule has 0 radical (unpaired) electrons. The number of rotatable bonds is 1. The summed E-state index contributed by atoms with van der Waals surface area (Å²) in [6, 6.07) is 1.85. The summed E-state index contributed by atoms with van der Waals surface area (Å²) in [6.45, 7) is 2.59. The Bertz CT molecular complexity index is 840. The summed E-state index contributed by atoms with van der Waals surface area (Å²) in [4.78, 5) is 25.2. The molecule has 136 valence electrons. The van der Waals surface area contributed by atoms with Crippen LogP contribution in [0.5, 0.6) is 0 Å². The van der Waals surface area contributed by atoms with Crippen molar-refractivity contribution in [2.24, 2.45) is 22.7 Å². The van der Waals surface area contributed by atoms with Crippen LogP contribution < -0.4 is 0 Å². The van der Waals surface area contributed by atoms with Gasteiger partial charge in [-0.15, -0.1) is 0 Å². The van der Waals surface area contributed by atoms with E-state index in [0.717, 1.165) is 24.0 Å². The van der Waals surface area contributed by atoms with Crippen LogP contribution in [0.4, 0.5) is 0 Å². The first-order chi connectivity index (χ1) is 12.5. The standard InChI is InChI=1S/C20H20O6/c1-19-7-14(10-3-5-23-8-10)26-18(22)11(19)2-4-20-9-24-17(21)12(20)6-13-15(25-13)16(19)20/h3,5-6,8,11,13-16H,2,4,7,9H2,1H3/t11-,13+,14-,15+,16+,19-,20-/m1/s1. The molecule has 1 aromatic rings. The Morgan fingerprint density at radius 2 is 2.15 bits per heavy atom. The molecule has 4 heterocycles. The van der Waals surface area contributed by atoms with Crippen LogP contribution in [-0.4, -0.2) is 30.8 Å². The van der Waals surface area contributed by atoms with Crippen molar-refractivity contribution in [3.05, 3.63) is 35.8 Å². The molecule has 5 aliphatic rings. The number of ether oxygens (including phenoxy) is 3. The fraction of sp³-hybridized carbons (Fsp3) is 0.600. The zero-order valence-corrected chi connectivity index (χ0v) is 14.5. The van der Waals surface area contributed by atoms with E-state index in [1.54, 1.807) is 12.5 Å². The third-order valence-electron chi connectivity index (χ3n) is 7.50. The minimum atomic E-state index is -0.321. The van der Waals surface area contributed by atoms with Crippen LogP contribution in [0.15, 0.2) is 34.7 Å². The maximum Gasteiger partial charge on any atom is 0.334 e. The van der Waals surface area contributed by atoms with E-state index in [1.165, 1.54) is 0 Å². The predicted octanol–water partition coefficient (Wildman–Crippen LogP) is 2.55. The van der Waals surface area contributed by atoms with E-state index in [0.29, 0.717) is 13.0 Å². The SMILES string of the molecule is C[C@@]12C[C@H](c3ccoc3)OC(=O)[C@H]1CC[C@@]13COC(=O)C1=C[C@@H]1O[C@@H]1[C@H]32.